The van der Waals surface area contributed by atoms with Gasteiger partial charge in [-0.1, -0.05) is 77.1 Å². The Morgan fingerprint density at radius 3 is 2.30 bits per heavy atom. The van der Waals surface area contributed by atoms with Crippen molar-refractivity contribution in [2.24, 2.45) is 56.7 Å². The maximum absolute atomic E-state index is 14.1. The first-order valence-corrected chi connectivity index (χ1v) is 16.4. The summed E-state index contributed by atoms with van der Waals surface area (Å²) >= 11 is 0. The maximum atomic E-state index is 14.1. The summed E-state index contributed by atoms with van der Waals surface area (Å²) in [6.45, 7) is 19.6. The highest BCUT2D eigenvalue weighted by molar-refractivity contribution is 5.78. The minimum Gasteiger partial charge on any atom is -0.460 e. The van der Waals surface area contributed by atoms with Crippen LogP contribution in [0.4, 0.5) is 0 Å². The van der Waals surface area contributed by atoms with Crippen molar-refractivity contribution in [2.45, 2.75) is 118 Å². The van der Waals surface area contributed by atoms with E-state index in [1.165, 1.54) is 31.3 Å². The number of carbonyl (C=O) groups is 1. The summed E-state index contributed by atoms with van der Waals surface area (Å²) < 4.78 is 6.17. The molecule has 0 spiro atoms. The van der Waals surface area contributed by atoms with Crippen LogP contribution in [-0.4, -0.2) is 17.2 Å². The average Bonchev–Trinajstić information content (AvgIpc) is 3.32. The second kappa shape index (κ2) is 9.45. The van der Waals surface area contributed by atoms with Crippen LogP contribution in [0.25, 0.3) is 0 Å². The van der Waals surface area contributed by atoms with Gasteiger partial charge in [0.2, 0.25) is 0 Å². The molecule has 0 radical (unpaired) electrons. The molecule has 5 aliphatic carbocycles. The lowest BCUT2D eigenvalue weighted by Gasteiger charge is -2.72. The van der Waals surface area contributed by atoms with Crippen molar-refractivity contribution < 1.29 is 14.6 Å². The quantitative estimate of drug-likeness (QED) is 0.303. The van der Waals surface area contributed by atoms with Gasteiger partial charge in [0, 0.05) is 0 Å². The van der Waals surface area contributed by atoms with Gasteiger partial charge in [0.15, 0.2) is 0 Å². The zero-order chi connectivity index (χ0) is 28.7. The minimum absolute atomic E-state index is 0.0210. The van der Waals surface area contributed by atoms with E-state index >= 15 is 0 Å². The van der Waals surface area contributed by atoms with Crippen molar-refractivity contribution in [2.75, 3.05) is 0 Å². The van der Waals surface area contributed by atoms with E-state index in [0.717, 1.165) is 44.1 Å². The summed E-state index contributed by atoms with van der Waals surface area (Å²) in [7, 11) is 0. The summed E-state index contributed by atoms with van der Waals surface area (Å²) in [5.41, 5.74) is 2.67. The maximum Gasteiger partial charge on any atom is 0.312 e. The summed E-state index contributed by atoms with van der Waals surface area (Å²) in [4.78, 5) is 14.1. The number of fused-ring (bicyclic) bond motifs is 7. The van der Waals surface area contributed by atoms with Crippen molar-refractivity contribution in [1.29, 1.82) is 0 Å². The molecule has 0 heterocycles. The van der Waals surface area contributed by atoms with Crippen LogP contribution in [0.15, 0.2) is 42.5 Å². The number of benzene rings is 1. The number of allylic oxidation sites excluding steroid dienone is 1. The van der Waals surface area contributed by atoms with Crippen molar-refractivity contribution in [3.8, 4) is 0 Å². The molecule has 6 rings (SSSR count). The molecule has 40 heavy (non-hydrogen) atoms. The fourth-order valence-corrected chi connectivity index (χ4v) is 12.4. The molecule has 1 aromatic carbocycles. The lowest BCUT2D eigenvalue weighted by Crippen LogP contribution is -2.67. The van der Waals surface area contributed by atoms with E-state index in [4.69, 9.17) is 4.74 Å². The molecule has 0 bridgehead atoms. The second-order valence-corrected chi connectivity index (χ2v) is 16.3. The highest BCUT2D eigenvalue weighted by Crippen LogP contribution is 2.77. The number of hydrogen-bond donors (Lipinski definition) is 1. The van der Waals surface area contributed by atoms with Crippen LogP contribution in [0.2, 0.25) is 0 Å². The zero-order valence-electron chi connectivity index (χ0n) is 26.1. The van der Waals surface area contributed by atoms with Crippen molar-refractivity contribution in [3.63, 3.8) is 0 Å². The largest absolute Gasteiger partial charge is 0.460 e. The molecule has 1 aromatic rings. The van der Waals surface area contributed by atoms with E-state index < -0.39 is 0 Å². The standard InChI is InChI=1S/C37H54O3/c1-24(2)26-15-20-37(32(39)40-23-25-11-9-8-10-12-25)22-21-35(6)27(31(26)37)13-14-29-34(5)18-17-30(38)33(3,4)28(34)16-19-36(29,35)7/h8-12,26-31,38H,1,13-23H2,2-7H3/t26?,27?,28?,29?,30?,31?,34?,35-,36?,37?/m1/s1. The number of aliphatic hydroxyl groups excluding tert-OH is 1. The third-order valence-corrected chi connectivity index (χ3v) is 14.7. The van der Waals surface area contributed by atoms with Crippen LogP contribution in [0.5, 0.6) is 0 Å². The van der Waals surface area contributed by atoms with E-state index in [1.54, 1.807) is 0 Å². The summed E-state index contributed by atoms with van der Waals surface area (Å²) in [6.07, 6.45) is 10.9. The molecule has 0 aromatic heterocycles. The van der Waals surface area contributed by atoms with E-state index in [0.29, 0.717) is 36.2 Å². The third-order valence-electron chi connectivity index (χ3n) is 14.7. The Bertz CT molecular complexity index is 1160. The Labute approximate surface area is 243 Å². The SMILES string of the molecule is C=C(C)C1CCC2(C(=O)OCc3ccccc3)CC[C@]3(C)C(CCC4C5(C)CCC(O)C(C)(C)C5CCC43C)C12. The molecule has 0 aliphatic heterocycles. The molecule has 1 N–H and O–H groups in total. The Morgan fingerprint density at radius 2 is 1.60 bits per heavy atom. The van der Waals surface area contributed by atoms with Crippen LogP contribution in [-0.2, 0) is 16.1 Å². The van der Waals surface area contributed by atoms with Crippen molar-refractivity contribution in [3.05, 3.63) is 48.0 Å². The zero-order valence-corrected chi connectivity index (χ0v) is 26.1. The summed E-state index contributed by atoms with van der Waals surface area (Å²) in [5, 5.41) is 11.0. The van der Waals surface area contributed by atoms with Gasteiger partial charge in [0.1, 0.15) is 6.61 Å². The minimum atomic E-state index is -0.371. The highest BCUT2D eigenvalue weighted by Gasteiger charge is 2.72. The molecular formula is C37H54O3. The van der Waals surface area contributed by atoms with Crippen LogP contribution in [0.1, 0.15) is 111 Å². The Balaban J connectivity index is 1.34. The van der Waals surface area contributed by atoms with Crippen LogP contribution < -0.4 is 0 Å². The molecule has 3 nitrogen and oxygen atoms in total. The molecule has 5 saturated carbocycles. The number of hydrogen-bond acceptors (Lipinski definition) is 3. The first-order valence-electron chi connectivity index (χ1n) is 16.4. The Hall–Kier alpha value is -1.61. The monoisotopic (exact) mass is 546 g/mol. The third kappa shape index (κ3) is 3.74. The fourth-order valence-electron chi connectivity index (χ4n) is 12.4. The smallest absolute Gasteiger partial charge is 0.312 e. The Morgan fingerprint density at radius 1 is 0.875 bits per heavy atom. The molecule has 5 aliphatic rings. The molecule has 0 saturated heterocycles. The molecule has 9 unspecified atom stereocenters. The lowest BCUT2D eigenvalue weighted by molar-refractivity contribution is -0.248. The summed E-state index contributed by atoms with van der Waals surface area (Å²) in [5.74, 6) is 2.57. The van der Waals surface area contributed by atoms with Gasteiger partial charge in [-0.2, -0.15) is 0 Å². The average molecular weight is 547 g/mol. The normalized spacial score (nSPS) is 47.3. The van der Waals surface area contributed by atoms with Crippen molar-refractivity contribution >= 4 is 5.97 Å². The van der Waals surface area contributed by atoms with Crippen LogP contribution in [0, 0.1) is 56.7 Å². The lowest BCUT2D eigenvalue weighted by atomic mass is 9.32. The molecule has 10 atom stereocenters. The molecule has 3 heteroatoms. The van der Waals surface area contributed by atoms with Crippen LogP contribution >= 0.6 is 0 Å². The van der Waals surface area contributed by atoms with Gasteiger partial charge < -0.3 is 9.84 Å². The van der Waals surface area contributed by atoms with Gasteiger partial charge in [0.25, 0.3) is 0 Å². The van der Waals surface area contributed by atoms with E-state index in [-0.39, 0.29) is 39.1 Å². The topological polar surface area (TPSA) is 46.5 Å². The van der Waals surface area contributed by atoms with Crippen molar-refractivity contribution in [1.82, 2.24) is 0 Å². The molecule has 0 amide bonds. The van der Waals surface area contributed by atoms with Gasteiger partial charge in [-0.05, 0) is 128 Å². The second-order valence-electron chi connectivity index (χ2n) is 16.3. The van der Waals surface area contributed by atoms with Gasteiger partial charge in [-0.15, -0.1) is 0 Å². The van der Waals surface area contributed by atoms with Gasteiger partial charge in [-0.25, -0.2) is 0 Å². The van der Waals surface area contributed by atoms with E-state index in [9.17, 15) is 9.90 Å². The Kier molecular flexibility index (Phi) is 6.73. The number of ether oxygens (including phenoxy) is 1. The molecule has 5 fully saturated rings. The van der Waals surface area contributed by atoms with Gasteiger partial charge >= 0.3 is 5.97 Å². The number of esters is 1. The van der Waals surface area contributed by atoms with E-state index in [1.807, 2.05) is 18.2 Å². The first-order chi connectivity index (χ1) is 18.8. The van der Waals surface area contributed by atoms with E-state index in [2.05, 4.69) is 60.3 Å². The molecular weight excluding hydrogens is 492 g/mol. The summed E-state index contributed by atoms with van der Waals surface area (Å²) in [6, 6.07) is 10.2. The highest BCUT2D eigenvalue weighted by atomic mass is 16.5. The number of aliphatic hydroxyl groups is 1. The first kappa shape index (κ1) is 28.5. The van der Waals surface area contributed by atoms with Crippen LogP contribution in [0.3, 0.4) is 0 Å². The van der Waals surface area contributed by atoms with Gasteiger partial charge in [0.05, 0.1) is 11.5 Å². The number of rotatable bonds is 4. The molecule has 220 valence electrons. The van der Waals surface area contributed by atoms with Gasteiger partial charge in [-0.3, -0.25) is 4.79 Å². The fraction of sp³-hybridized carbons (Fsp3) is 0.757. The number of carbonyl (C=O) groups excluding carboxylic acids is 1. The predicted molar refractivity (Wildman–Crippen MR) is 161 cm³/mol. The predicted octanol–water partition coefficient (Wildman–Crippen LogP) is 8.75.